The number of aryl methyl sites for hydroxylation is 1. The van der Waals surface area contributed by atoms with Gasteiger partial charge in [0.25, 0.3) is 21.8 Å². The van der Waals surface area contributed by atoms with Crippen molar-refractivity contribution in [2.45, 2.75) is 11.1 Å². The number of sulfonamides is 1. The number of H-pyrrole nitrogens is 1. The number of anilines is 1. The number of hydrogen-bond donors (Lipinski definition) is 2. The van der Waals surface area contributed by atoms with Gasteiger partial charge in [0.05, 0.1) is 4.88 Å². The van der Waals surface area contributed by atoms with E-state index in [-0.39, 0.29) is 42.2 Å². The van der Waals surface area contributed by atoms with E-state index in [2.05, 4.69) is 10.3 Å². The number of carbonyl (C=O) groups excluding carboxylic acids is 2. The van der Waals surface area contributed by atoms with Crippen LogP contribution in [0.2, 0.25) is 0 Å². The monoisotopic (exact) mass is 492 g/mol. The molecule has 9 nitrogen and oxygen atoms in total. The number of carbonyl (C=O) groups is 2. The Morgan fingerprint density at radius 2 is 1.75 bits per heavy atom. The second-order valence-corrected chi connectivity index (χ2v) is 11.2. The molecule has 1 saturated heterocycles. The SMILES string of the molecule is Cc1[nH]c(=O)sc1S(=O)(=O)N1CCN(C(=O)c2ccc(NC(=O)c3cccs3)cc2)CC1. The number of thiophene rings is 1. The maximum Gasteiger partial charge on any atom is 0.305 e. The summed E-state index contributed by atoms with van der Waals surface area (Å²) in [5, 5.41) is 4.61. The van der Waals surface area contributed by atoms with Gasteiger partial charge in [-0.05, 0) is 42.6 Å². The smallest absolute Gasteiger partial charge is 0.305 e. The Hall–Kier alpha value is -2.80. The normalized spacial score (nSPS) is 15.0. The molecule has 0 radical (unpaired) electrons. The second-order valence-electron chi connectivity index (χ2n) is 7.13. The molecule has 0 atom stereocenters. The largest absolute Gasteiger partial charge is 0.336 e. The molecular weight excluding hydrogens is 472 g/mol. The van der Waals surface area contributed by atoms with Crippen molar-refractivity contribution in [3.8, 4) is 0 Å². The Morgan fingerprint density at radius 3 is 2.31 bits per heavy atom. The van der Waals surface area contributed by atoms with E-state index in [1.54, 1.807) is 48.2 Å². The van der Waals surface area contributed by atoms with Crippen molar-refractivity contribution in [3.05, 3.63) is 67.6 Å². The van der Waals surface area contributed by atoms with Crippen molar-refractivity contribution in [1.29, 1.82) is 0 Å². The Kier molecular flexibility index (Phi) is 6.29. The van der Waals surface area contributed by atoms with Gasteiger partial charge in [0.15, 0.2) is 4.21 Å². The molecule has 32 heavy (non-hydrogen) atoms. The van der Waals surface area contributed by atoms with Crippen LogP contribution in [0.5, 0.6) is 0 Å². The standard InChI is InChI=1S/C20H20N4O5S3/c1-13-19(31-20(27)21-13)32(28,29)24-10-8-23(9-11-24)18(26)14-4-6-15(7-5-14)22-17(25)16-3-2-12-30-16/h2-7,12H,8-11H2,1H3,(H,21,27)(H,22,25). The van der Waals surface area contributed by atoms with Crippen molar-refractivity contribution < 1.29 is 18.0 Å². The average Bonchev–Trinajstić information content (AvgIpc) is 3.44. The molecule has 1 aliphatic rings. The van der Waals surface area contributed by atoms with Crippen LogP contribution in [0.15, 0.2) is 50.8 Å². The lowest BCUT2D eigenvalue weighted by atomic mass is 10.1. The van der Waals surface area contributed by atoms with Gasteiger partial charge in [-0.1, -0.05) is 17.4 Å². The van der Waals surface area contributed by atoms with Gasteiger partial charge in [-0.2, -0.15) is 4.31 Å². The van der Waals surface area contributed by atoms with Crippen molar-refractivity contribution >= 4 is 50.2 Å². The summed E-state index contributed by atoms with van der Waals surface area (Å²) >= 11 is 2.02. The fourth-order valence-electron chi connectivity index (χ4n) is 3.36. The fourth-order valence-corrected chi connectivity index (χ4v) is 6.84. The number of hydrogen-bond acceptors (Lipinski definition) is 7. The molecule has 12 heteroatoms. The summed E-state index contributed by atoms with van der Waals surface area (Å²) in [5.74, 6) is -0.417. The van der Waals surface area contributed by atoms with Crippen LogP contribution in [0.3, 0.4) is 0 Å². The zero-order valence-electron chi connectivity index (χ0n) is 17.0. The van der Waals surface area contributed by atoms with Crippen LogP contribution in [-0.2, 0) is 10.0 Å². The summed E-state index contributed by atoms with van der Waals surface area (Å²) in [5.41, 5.74) is 1.36. The third-order valence-electron chi connectivity index (χ3n) is 5.02. The van der Waals surface area contributed by atoms with Gasteiger partial charge in [-0.3, -0.25) is 14.4 Å². The van der Waals surface area contributed by atoms with Crippen molar-refractivity contribution in [3.63, 3.8) is 0 Å². The first-order chi connectivity index (χ1) is 15.3. The van der Waals surface area contributed by atoms with Gasteiger partial charge in [0.2, 0.25) is 0 Å². The van der Waals surface area contributed by atoms with Crippen molar-refractivity contribution in [1.82, 2.24) is 14.2 Å². The Balaban J connectivity index is 1.37. The van der Waals surface area contributed by atoms with Crippen LogP contribution in [0.4, 0.5) is 5.69 Å². The molecule has 1 aromatic carbocycles. The molecule has 0 spiro atoms. The fraction of sp³-hybridized carbons (Fsp3) is 0.250. The number of benzene rings is 1. The molecule has 2 N–H and O–H groups in total. The number of aromatic amines is 1. The summed E-state index contributed by atoms with van der Waals surface area (Å²) in [7, 11) is -3.78. The maximum atomic E-state index is 12.8. The predicted molar refractivity (Wildman–Crippen MR) is 123 cm³/mol. The minimum absolute atomic E-state index is 0.0162. The number of nitrogens with zero attached hydrogens (tertiary/aromatic N) is 2. The Labute approximate surface area is 192 Å². The Morgan fingerprint density at radius 1 is 1.06 bits per heavy atom. The average molecular weight is 493 g/mol. The number of amides is 2. The second kappa shape index (κ2) is 8.98. The van der Waals surface area contributed by atoms with Gasteiger partial charge in [0, 0.05) is 43.1 Å². The Bertz CT molecular complexity index is 1290. The molecule has 0 bridgehead atoms. The van der Waals surface area contributed by atoms with Crippen LogP contribution < -0.4 is 10.2 Å². The molecule has 168 valence electrons. The van der Waals surface area contributed by atoms with E-state index < -0.39 is 14.9 Å². The van der Waals surface area contributed by atoms with Crippen LogP contribution in [0.1, 0.15) is 25.7 Å². The zero-order chi connectivity index (χ0) is 22.9. The molecule has 2 amide bonds. The summed E-state index contributed by atoms with van der Waals surface area (Å²) in [6, 6.07) is 10.1. The van der Waals surface area contributed by atoms with E-state index in [1.807, 2.05) is 5.38 Å². The van der Waals surface area contributed by atoms with Gasteiger partial charge < -0.3 is 15.2 Å². The first kappa shape index (κ1) is 22.4. The first-order valence-corrected chi connectivity index (χ1v) is 12.8. The number of piperazine rings is 1. The lowest BCUT2D eigenvalue weighted by Crippen LogP contribution is -2.50. The summed E-state index contributed by atoms with van der Waals surface area (Å²) in [6.45, 7) is 2.33. The number of rotatable bonds is 5. The lowest BCUT2D eigenvalue weighted by molar-refractivity contribution is 0.0698. The van der Waals surface area contributed by atoms with Crippen LogP contribution >= 0.6 is 22.7 Å². The highest BCUT2D eigenvalue weighted by atomic mass is 32.2. The highest BCUT2D eigenvalue weighted by Gasteiger charge is 2.32. The van der Waals surface area contributed by atoms with E-state index >= 15 is 0 Å². The van der Waals surface area contributed by atoms with Gasteiger partial charge in [0.1, 0.15) is 0 Å². The molecule has 2 aromatic heterocycles. The number of aromatic nitrogens is 1. The summed E-state index contributed by atoms with van der Waals surface area (Å²) < 4.78 is 27.0. The highest BCUT2D eigenvalue weighted by molar-refractivity contribution is 7.91. The maximum absolute atomic E-state index is 12.8. The summed E-state index contributed by atoms with van der Waals surface area (Å²) in [6.07, 6.45) is 0. The number of thiazole rings is 1. The summed E-state index contributed by atoms with van der Waals surface area (Å²) in [4.78, 5) is 40.7. The topological polar surface area (TPSA) is 120 Å². The van der Waals surface area contributed by atoms with E-state index in [1.165, 1.54) is 15.6 Å². The molecule has 4 rings (SSSR count). The zero-order valence-corrected chi connectivity index (χ0v) is 19.5. The minimum atomic E-state index is -3.78. The van der Waals surface area contributed by atoms with Crippen molar-refractivity contribution in [2.24, 2.45) is 0 Å². The van der Waals surface area contributed by atoms with Gasteiger partial charge in [-0.15, -0.1) is 11.3 Å². The predicted octanol–water partition coefficient (Wildman–Crippen LogP) is 2.21. The molecule has 1 fully saturated rings. The third kappa shape index (κ3) is 4.53. The molecule has 3 aromatic rings. The molecular formula is C20H20N4O5S3. The van der Waals surface area contributed by atoms with Crippen LogP contribution in [0.25, 0.3) is 0 Å². The highest BCUT2D eigenvalue weighted by Crippen LogP contribution is 2.23. The van der Waals surface area contributed by atoms with E-state index in [0.29, 0.717) is 33.2 Å². The van der Waals surface area contributed by atoms with E-state index in [9.17, 15) is 22.8 Å². The number of nitrogens with one attached hydrogen (secondary N) is 2. The van der Waals surface area contributed by atoms with Gasteiger partial charge in [-0.25, -0.2) is 8.42 Å². The van der Waals surface area contributed by atoms with E-state index in [4.69, 9.17) is 0 Å². The van der Waals surface area contributed by atoms with Crippen molar-refractivity contribution in [2.75, 3.05) is 31.5 Å². The van der Waals surface area contributed by atoms with Crippen LogP contribution in [-0.4, -0.2) is 60.6 Å². The lowest BCUT2D eigenvalue weighted by Gasteiger charge is -2.33. The van der Waals surface area contributed by atoms with Gasteiger partial charge >= 0.3 is 4.87 Å². The van der Waals surface area contributed by atoms with E-state index in [0.717, 1.165) is 0 Å². The molecule has 3 heterocycles. The van der Waals surface area contributed by atoms with Crippen LogP contribution in [0, 0.1) is 6.92 Å². The quantitative estimate of drug-likeness (QED) is 0.566. The molecule has 1 aliphatic heterocycles. The first-order valence-electron chi connectivity index (χ1n) is 9.70. The molecule has 0 unspecified atom stereocenters. The third-order valence-corrected chi connectivity index (χ3v) is 9.37. The molecule has 0 aliphatic carbocycles. The minimum Gasteiger partial charge on any atom is -0.336 e. The molecule has 0 saturated carbocycles.